The van der Waals surface area contributed by atoms with E-state index in [1.165, 1.54) is 32.1 Å². The van der Waals surface area contributed by atoms with Gasteiger partial charge in [0.25, 0.3) is 5.91 Å². The van der Waals surface area contributed by atoms with Crippen LogP contribution in [-0.2, 0) is 14.3 Å². The summed E-state index contributed by atoms with van der Waals surface area (Å²) in [5.41, 5.74) is 0.803. The van der Waals surface area contributed by atoms with Crippen molar-refractivity contribution in [3.63, 3.8) is 0 Å². The summed E-state index contributed by atoms with van der Waals surface area (Å²) in [7, 11) is 0. The molecular formula is C19H24N2O3. The molecule has 1 saturated carbocycles. The molecule has 0 heterocycles. The molecule has 0 saturated heterocycles. The topological polar surface area (TPSA) is 79.2 Å². The molecule has 0 aromatic heterocycles. The number of hydrogen-bond donors (Lipinski definition) is 1. The second kappa shape index (κ2) is 9.07. The lowest BCUT2D eigenvalue weighted by Crippen LogP contribution is -2.30. The van der Waals surface area contributed by atoms with Crippen molar-refractivity contribution in [3.8, 4) is 6.07 Å². The van der Waals surface area contributed by atoms with E-state index >= 15 is 0 Å². The van der Waals surface area contributed by atoms with Gasteiger partial charge in [-0.3, -0.25) is 9.59 Å². The minimum atomic E-state index is -0.879. The highest BCUT2D eigenvalue weighted by atomic mass is 16.5. The van der Waals surface area contributed by atoms with Crippen molar-refractivity contribution in [2.75, 3.05) is 5.32 Å². The molecule has 0 radical (unpaired) electrons. The predicted octanol–water partition coefficient (Wildman–Crippen LogP) is 3.79. The largest absolute Gasteiger partial charge is 0.453 e. The maximum absolute atomic E-state index is 12.1. The van der Waals surface area contributed by atoms with E-state index in [4.69, 9.17) is 10.00 Å². The Morgan fingerprint density at radius 3 is 2.71 bits per heavy atom. The lowest BCUT2D eigenvalue weighted by molar-refractivity contribution is -0.153. The first kappa shape index (κ1) is 18.0. The fraction of sp³-hybridized carbons (Fsp3) is 0.526. The van der Waals surface area contributed by atoms with Crippen LogP contribution in [0, 0.1) is 17.2 Å². The third-order valence-electron chi connectivity index (χ3n) is 4.46. The maximum Gasteiger partial charge on any atom is 0.306 e. The molecule has 0 bridgehead atoms. The Morgan fingerprint density at radius 1 is 1.29 bits per heavy atom. The van der Waals surface area contributed by atoms with Gasteiger partial charge in [-0.1, -0.05) is 44.2 Å². The summed E-state index contributed by atoms with van der Waals surface area (Å²) < 4.78 is 5.22. The molecule has 1 amide bonds. The van der Waals surface area contributed by atoms with E-state index < -0.39 is 12.0 Å². The number of esters is 1. The quantitative estimate of drug-likeness (QED) is 0.806. The summed E-state index contributed by atoms with van der Waals surface area (Å²) in [6, 6.07) is 8.74. The van der Waals surface area contributed by atoms with E-state index in [0.717, 1.165) is 6.42 Å². The zero-order chi connectivity index (χ0) is 17.4. The normalized spacial score (nSPS) is 16.0. The molecule has 1 aliphatic carbocycles. The number of rotatable bonds is 6. The molecule has 1 atom stereocenters. The van der Waals surface area contributed by atoms with Gasteiger partial charge < -0.3 is 10.1 Å². The molecule has 2 rings (SSSR count). The highest BCUT2D eigenvalue weighted by Gasteiger charge is 2.20. The summed E-state index contributed by atoms with van der Waals surface area (Å²) in [5, 5.41) is 11.7. The van der Waals surface area contributed by atoms with Crippen molar-refractivity contribution in [1.29, 1.82) is 5.26 Å². The van der Waals surface area contributed by atoms with Crippen LogP contribution in [0.5, 0.6) is 0 Å². The molecule has 1 unspecified atom stereocenters. The van der Waals surface area contributed by atoms with Crippen LogP contribution in [0.4, 0.5) is 5.69 Å². The number of ether oxygens (including phenoxy) is 1. The van der Waals surface area contributed by atoms with E-state index in [0.29, 0.717) is 23.6 Å². The van der Waals surface area contributed by atoms with Crippen molar-refractivity contribution >= 4 is 17.6 Å². The Morgan fingerprint density at radius 2 is 2.00 bits per heavy atom. The number of nitrogens with zero attached hydrogens (tertiary/aromatic N) is 1. The van der Waals surface area contributed by atoms with Crippen LogP contribution in [-0.4, -0.2) is 18.0 Å². The zero-order valence-electron chi connectivity index (χ0n) is 14.1. The van der Waals surface area contributed by atoms with Gasteiger partial charge in [-0.05, 0) is 31.4 Å². The Kier molecular flexibility index (Phi) is 6.80. The molecular weight excluding hydrogens is 304 g/mol. The fourth-order valence-corrected chi connectivity index (χ4v) is 3.03. The third-order valence-corrected chi connectivity index (χ3v) is 4.46. The summed E-state index contributed by atoms with van der Waals surface area (Å²) in [6.45, 7) is 1.54. The average Bonchev–Trinajstić information content (AvgIpc) is 2.61. The van der Waals surface area contributed by atoms with Crippen LogP contribution in [0.15, 0.2) is 24.3 Å². The first-order valence-electron chi connectivity index (χ1n) is 8.59. The second-order valence-corrected chi connectivity index (χ2v) is 6.32. The SMILES string of the molecule is CC(OC(=O)CCC1CCCCC1)C(=O)Nc1ccccc1C#N. The van der Waals surface area contributed by atoms with Gasteiger partial charge in [0.15, 0.2) is 6.10 Å². The van der Waals surface area contributed by atoms with Crippen LogP contribution in [0.2, 0.25) is 0 Å². The molecule has 0 spiro atoms. The second-order valence-electron chi connectivity index (χ2n) is 6.32. The van der Waals surface area contributed by atoms with Crippen LogP contribution in [0.3, 0.4) is 0 Å². The summed E-state index contributed by atoms with van der Waals surface area (Å²) in [6.07, 6.45) is 6.48. The van der Waals surface area contributed by atoms with Crippen LogP contribution >= 0.6 is 0 Å². The third kappa shape index (κ3) is 5.38. The molecule has 0 aliphatic heterocycles. The number of carbonyl (C=O) groups is 2. The molecule has 128 valence electrons. The lowest BCUT2D eigenvalue weighted by Gasteiger charge is -2.21. The molecule has 1 fully saturated rings. The molecule has 24 heavy (non-hydrogen) atoms. The molecule has 1 aliphatic rings. The van der Waals surface area contributed by atoms with Gasteiger partial charge in [-0.15, -0.1) is 0 Å². The standard InChI is InChI=1S/C19H24N2O3/c1-14(19(23)21-17-10-6-5-9-16(17)13-20)24-18(22)12-11-15-7-3-2-4-8-15/h5-6,9-10,14-15H,2-4,7-8,11-12H2,1H3,(H,21,23). The van der Waals surface area contributed by atoms with Gasteiger partial charge in [-0.25, -0.2) is 0 Å². The number of para-hydroxylation sites is 1. The number of nitriles is 1. The van der Waals surface area contributed by atoms with Gasteiger partial charge in [0.2, 0.25) is 0 Å². The van der Waals surface area contributed by atoms with Crippen LogP contribution < -0.4 is 5.32 Å². The fourth-order valence-electron chi connectivity index (χ4n) is 3.03. The monoisotopic (exact) mass is 328 g/mol. The number of benzene rings is 1. The minimum Gasteiger partial charge on any atom is -0.453 e. The van der Waals surface area contributed by atoms with E-state index in [1.807, 2.05) is 6.07 Å². The maximum atomic E-state index is 12.1. The van der Waals surface area contributed by atoms with Crippen molar-refractivity contribution in [2.45, 2.75) is 58.0 Å². The first-order valence-corrected chi connectivity index (χ1v) is 8.59. The van der Waals surface area contributed by atoms with E-state index in [2.05, 4.69) is 5.32 Å². The number of anilines is 1. The van der Waals surface area contributed by atoms with E-state index in [9.17, 15) is 9.59 Å². The highest BCUT2D eigenvalue weighted by Crippen LogP contribution is 2.27. The number of nitrogens with one attached hydrogen (secondary N) is 1. The van der Waals surface area contributed by atoms with Crippen molar-refractivity contribution in [1.82, 2.24) is 0 Å². The average molecular weight is 328 g/mol. The molecule has 5 heteroatoms. The Balaban J connectivity index is 1.78. The van der Waals surface area contributed by atoms with Crippen LogP contribution in [0.25, 0.3) is 0 Å². The van der Waals surface area contributed by atoms with E-state index in [-0.39, 0.29) is 5.97 Å². The lowest BCUT2D eigenvalue weighted by atomic mass is 9.86. The number of carbonyl (C=O) groups excluding carboxylic acids is 2. The predicted molar refractivity (Wildman–Crippen MR) is 91.1 cm³/mol. The summed E-state index contributed by atoms with van der Waals surface area (Å²) >= 11 is 0. The van der Waals surface area contributed by atoms with Gasteiger partial charge >= 0.3 is 5.97 Å². The Labute approximate surface area is 143 Å². The van der Waals surface area contributed by atoms with Gasteiger partial charge in [-0.2, -0.15) is 5.26 Å². The molecule has 1 N–H and O–H groups in total. The zero-order valence-corrected chi connectivity index (χ0v) is 14.1. The summed E-state index contributed by atoms with van der Waals surface area (Å²) in [5.74, 6) is -0.154. The highest BCUT2D eigenvalue weighted by molar-refractivity contribution is 5.96. The molecule has 1 aromatic rings. The smallest absolute Gasteiger partial charge is 0.306 e. The summed E-state index contributed by atoms with van der Waals surface area (Å²) in [4.78, 5) is 24.0. The molecule has 1 aromatic carbocycles. The van der Waals surface area contributed by atoms with Crippen LogP contribution in [0.1, 0.15) is 57.4 Å². The number of hydrogen-bond acceptors (Lipinski definition) is 4. The molecule has 5 nitrogen and oxygen atoms in total. The van der Waals surface area contributed by atoms with Gasteiger partial charge in [0.1, 0.15) is 6.07 Å². The first-order chi connectivity index (χ1) is 11.6. The van der Waals surface area contributed by atoms with Crippen molar-refractivity contribution in [2.24, 2.45) is 5.92 Å². The van der Waals surface area contributed by atoms with Crippen molar-refractivity contribution < 1.29 is 14.3 Å². The van der Waals surface area contributed by atoms with E-state index in [1.54, 1.807) is 31.2 Å². The van der Waals surface area contributed by atoms with Gasteiger partial charge in [0.05, 0.1) is 11.3 Å². The minimum absolute atomic E-state index is 0.336. The Hall–Kier alpha value is -2.35. The van der Waals surface area contributed by atoms with Crippen molar-refractivity contribution in [3.05, 3.63) is 29.8 Å². The number of amides is 1. The Bertz CT molecular complexity index is 615. The van der Waals surface area contributed by atoms with Gasteiger partial charge in [0, 0.05) is 6.42 Å².